The second kappa shape index (κ2) is 4.03. The molecule has 0 heterocycles. The van der Waals surface area contributed by atoms with E-state index in [9.17, 15) is 9.18 Å². The lowest BCUT2D eigenvalue weighted by Gasteiger charge is -2.05. The molecule has 0 amide bonds. The molecule has 0 unspecified atom stereocenters. The zero-order valence-electron chi connectivity index (χ0n) is 7.33. The minimum absolute atomic E-state index is 0.0536. The second-order valence-corrected chi connectivity index (χ2v) is 2.94. The van der Waals surface area contributed by atoms with E-state index in [0.29, 0.717) is 0 Å². The van der Waals surface area contributed by atoms with Crippen LogP contribution in [-0.2, 0) is 11.2 Å². The molecule has 1 aromatic carbocycles. The lowest BCUT2D eigenvalue weighted by atomic mass is 10.0. The van der Waals surface area contributed by atoms with E-state index in [4.69, 9.17) is 5.11 Å². The molecule has 0 spiro atoms. The van der Waals surface area contributed by atoms with Gasteiger partial charge in [0.05, 0.1) is 0 Å². The Morgan fingerprint density at radius 2 is 2.15 bits per heavy atom. The predicted octanol–water partition coefficient (Wildman–Crippen LogP) is 1.96. The van der Waals surface area contributed by atoms with E-state index in [-0.39, 0.29) is 6.42 Å². The largest absolute Gasteiger partial charge is 0.479 e. The number of aliphatic carboxylic acids is 1. The first-order valence-electron chi connectivity index (χ1n) is 4.02. The van der Waals surface area contributed by atoms with Gasteiger partial charge in [-0.2, -0.15) is 0 Å². The molecular formula is C10H11FO2. The van der Waals surface area contributed by atoms with Crippen LogP contribution in [0, 0.1) is 6.92 Å². The Morgan fingerprint density at radius 1 is 1.54 bits per heavy atom. The number of carbonyl (C=O) groups is 1. The zero-order chi connectivity index (χ0) is 9.84. The van der Waals surface area contributed by atoms with Crippen molar-refractivity contribution >= 4 is 5.97 Å². The highest BCUT2D eigenvalue weighted by Gasteiger charge is 2.16. The molecule has 1 aromatic rings. The van der Waals surface area contributed by atoms with Gasteiger partial charge in [-0.25, -0.2) is 9.18 Å². The van der Waals surface area contributed by atoms with Gasteiger partial charge in [-0.15, -0.1) is 0 Å². The summed E-state index contributed by atoms with van der Waals surface area (Å²) in [6, 6.07) is 7.19. The Balaban J connectivity index is 2.74. The molecule has 0 bridgehead atoms. The Labute approximate surface area is 76.0 Å². The summed E-state index contributed by atoms with van der Waals surface area (Å²) in [4.78, 5) is 10.2. The number of carboxylic acids is 1. The van der Waals surface area contributed by atoms with Crippen molar-refractivity contribution in [3.8, 4) is 0 Å². The normalized spacial score (nSPS) is 12.5. The predicted molar refractivity (Wildman–Crippen MR) is 47.4 cm³/mol. The number of aryl methyl sites for hydroxylation is 1. The Hall–Kier alpha value is -1.38. The van der Waals surface area contributed by atoms with Gasteiger partial charge in [0.1, 0.15) is 0 Å². The summed E-state index contributed by atoms with van der Waals surface area (Å²) in [6.45, 7) is 1.84. The summed E-state index contributed by atoms with van der Waals surface area (Å²) in [5, 5.41) is 8.36. The molecule has 0 fully saturated rings. The summed E-state index contributed by atoms with van der Waals surface area (Å²) in [7, 11) is 0. The quantitative estimate of drug-likeness (QED) is 0.775. The van der Waals surface area contributed by atoms with E-state index >= 15 is 0 Å². The lowest BCUT2D eigenvalue weighted by Crippen LogP contribution is -2.17. The Morgan fingerprint density at radius 3 is 2.69 bits per heavy atom. The molecule has 1 rings (SSSR count). The van der Waals surface area contributed by atoms with Crippen LogP contribution in [0.3, 0.4) is 0 Å². The summed E-state index contributed by atoms with van der Waals surface area (Å²) in [6.07, 6.45) is -1.86. The molecule has 0 aliphatic rings. The molecule has 0 radical (unpaired) electrons. The number of hydrogen-bond donors (Lipinski definition) is 1. The second-order valence-electron chi connectivity index (χ2n) is 2.94. The number of rotatable bonds is 3. The van der Waals surface area contributed by atoms with E-state index in [2.05, 4.69) is 0 Å². The zero-order valence-corrected chi connectivity index (χ0v) is 7.33. The van der Waals surface area contributed by atoms with Gasteiger partial charge in [0.2, 0.25) is 6.17 Å². The average Bonchev–Trinajstić information content (AvgIpc) is 2.08. The van der Waals surface area contributed by atoms with Gasteiger partial charge in [-0.05, 0) is 18.1 Å². The van der Waals surface area contributed by atoms with Gasteiger partial charge in [0, 0.05) is 6.42 Å². The van der Waals surface area contributed by atoms with E-state index in [1.807, 2.05) is 19.1 Å². The van der Waals surface area contributed by atoms with Crippen LogP contribution >= 0.6 is 0 Å². The third-order valence-electron chi connectivity index (χ3n) is 1.93. The molecule has 0 aliphatic heterocycles. The van der Waals surface area contributed by atoms with Crippen molar-refractivity contribution in [2.75, 3.05) is 0 Å². The summed E-state index contributed by atoms with van der Waals surface area (Å²) in [5.74, 6) is -1.40. The molecule has 2 nitrogen and oxygen atoms in total. The first kappa shape index (κ1) is 9.71. The molecule has 1 atom stereocenters. The summed E-state index contributed by atoms with van der Waals surface area (Å²) >= 11 is 0. The van der Waals surface area contributed by atoms with Crippen LogP contribution in [0.4, 0.5) is 4.39 Å². The molecule has 13 heavy (non-hydrogen) atoms. The molecule has 0 aromatic heterocycles. The number of carboxylic acid groups (broad SMARTS) is 1. The van der Waals surface area contributed by atoms with Crippen molar-refractivity contribution in [2.24, 2.45) is 0 Å². The first-order valence-corrected chi connectivity index (χ1v) is 4.02. The number of alkyl halides is 1. The Kier molecular flexibility index (Phi) is 3.01. The van der Waals surface area contributed by atoms with Gasteiger partial charge in [-0.1, -0.05) is 24.3 Å². The van der Waals surface area contributed by atoms with Gasteiger partial charge in [0.15, 0.2) is 0 Å². The number of halogens is 1. The maximum atomic E-state index is 12.8. The maximum absolute atomic E-state index is 12.8. The molecule has 1 N–H and O–H groups in total. The van der Waals surface area contributed by atoms with Crippen LogP contribution in [0.1, 0.15) is 11.1 Å². The van der Waals surface area contributed by atoms with Crippen molar-refractivity contribution < 1.29 is 14.3 Å². The molecule has 70 valence electrons. The molecule has 0 saturated carbocycles. The van der Waals surface area contributed by atoms with E-state index in [1.165, 1.54) is 0 Å². The standard InChI is InChI=1S/C10H11FO2/c1-7-4-2-3-5-8(7)6-9(11)10(12)13/h2-5,9H,6H2,1H3,(H,12,13)/t9-/m0/s1. The molecule has 0 saturated heterocycles. The van der Waals surface area contributed by atoms with Crippen molar-refractivity contribution in [2.45, 2.75) is 19.5 Å². The van der Waals surface area contributed by atoms with Crippen LogP contribution < -0.4 is 0 Å². The number of benzene rings is 1. The Bertz CT molecular complexity index is 310. The van der Waals surface area contributed by atoms with Crippen LogP contribution in [0.25, 0.3) is 0 Å². The number of hydrogen-bond acceptors (Lipinski definition) is 1. The molecule has 0 aliphatic carbocycles. The third kappa shape index (κ3) is 2.54. The van der Waals surface area contributed by atoms with Gasteiger partial charge < -0.3 is 5.11 Å². The van der Waals surface area contributed by atoms with Crippen molar-refractivity contribution in [3.05, 3.63) is 35.4 Å². The van der Waals surface area contributed by atoms with Gasteiger partial charge in [-0.3, -0.25) is 0 Å². The highest BCUT2D eigenvalue weighted by molar-refractivity contribution is 5.72. The van der Waals surface area contributed by atoms with Crippen LogP contribution in [0.2, 0.25) is 0 Å². The van der Waals surface area contributed by atoms with Crippen LogP contribution in [0.15, 0.2) is 24.3 Å². The van der Waals surface area contributed by atoms with Crippen molar-refractivity contribution in [1.82, 2.24) is 0 Å². The van der Waals surface area contributed by atoms with Gasteiger partial charge in [0.25, 0.3) is 0 Å². The van der Waals surface area contributed by atoms with E-state index in [0.717, 1.165) is 11.1 Å². The third-order valence-corrected chi connectivity index (χ3v) is 1.93. The lowest BCUT2D eigenvalue weighted by molar-refractivity contribution is -0.142. The van der Waals surface area contributed by atoms with Crippen molar-refractivity contribution in [3.63, 3.8) is 0 Å². The summed E-state index contributed by atoms with van der Waals surface area (Å²) < 4.78 is 12.8. The fourth-order valence-electron chi connectivity index (χ4n) is 1.12. The van der Waals surface area contributed by atoms with E-state index in [1.54, 1.807) is 12.1 Å². The van der Waals surface area contributed by atoms with Crippen LogP contribution in [0.5, 0.6) is 0 Å². The SMILES string of the molecule is Cc1ccccc1C[C@H](F)C(=O)O. The summed E-state index contributed by atoms with van der Waals surface area (Å²) in [5.41, 5.74) is 1.67. The highest BCUT2D eigenvalue weighted by atomic mass is 19.1. The van der Waals surface area contributed by atoms with Crippen molar-refractivity contribution in [1.29, 1.82) is 0 Å². The minimum atomic E-state index is -1.80. The molecular weight excluding hydrogens is 171 g/mol. The molecule has 3 heteroatoms. The monoisotopic (exact) mass is 182 g/mol. The van der Waals surface area contributed by atoms with Gasteiger partial charge >= 0.3 is 5.97 Å². The first-order chi connectivity index (χ1) is 6.11. The average molecular weight is 182 g/mol. The smallest absolute Gasteiger partial charge is 0.338 e. The maximum Gasteiger partial charge on any atom is 0.338 e. The van der Waals surface area contributed by atoms with E-state index < -0.39 is 12.1 Å². The highest BCUT2D eigenvalue weighted by Crippen LogP contribution is 2.11. The fourth-order valence-corrected chi connectivity index (χ4v) is 1.12. The topological polar surface area (TPSA) is 37.3 Å². The fraction of sp³-hybridized carbons (Fsp3) is 0.300. The van der Waals surface area contributed by atoms with Crippen LogP contribution in [-0.4, -0.2) is 17.2 Å². The minimum Gasteiger partial charge on any atom is -0.479 e.